The van der Waals surface area contributed by atoms with Crippen molar-refractivity contribution >= 4 is 7.82 Å². The first-order chi connectivity index (χ1) is 3.21. The average Bonchev–Trinajstić information content (AvgIpc) is 1.84. The Morgan fingerprint density at radius 3 is 2.00 bits per heavy atom. The molecule has 1 saturated heterocycles. The SMILES string of the molecule is O=P1(O)OCCO1. The van der Waals surface area contributed by atoms with E-state index < -0.39 is 7.82 Å². The predicted octanol–water partition coefficient (Wildman–Crippen LogP) is 0.134. The Labute approximate surface area is 40.7 Å². The van der Waals surface area contributed by atoms with Gasteiger partial charge in [0.1, 0.15) is 0 Å². The maximum Gasteiger partial charge on any atom is 0.472 e. The van der Waals surface area contributed by atoms with Crippen molar-refractivity contribution < 1.29 is 18.5 Å². The molecule has 1 aliphatic rings. The Kier molecular flexibility index (Phi) is 1.17. The first kappa shape index (κ1) is 5.25. The average molecular weight is 124 g/mol. The van der Waals surface area contributed by atoms with Crippen molar-refractivity contribution in [3.05, 3.63) is 0 Å². The molecule has 42 valence electrons. The van der Waals surface area contributed by atoms with Gasteiger partial charge in [0.25, 0.3) is 0 Å². The Balaban J connectivity index is 2.57. The van der Waals surface area contributed by atoms with Gasteiger partial charge in [-0.3, -0.25) is 9.05 Å². The fourth-order valence-corrected chi connectivity index (χ4v) is 1.03. The van der Waals surface area contributed by atoms with Crippen LogP contribution in [0, 0.1) is 0 Å². The van der Waals surface area contributed by atoms with Gasteiger partial charge in [-0.15, -0.1) is 0 Å². The monoisotopic (exact) mass is 124 g/mol. The van der Waals surface area contributed by atoms with Gasteiger partial charge >= 0.3 is 7.82 Å². The zero-order valence-corrected chi connectivity index (χ0v) is 4.43. The van der Waals surface area contributed by atoms with Crippen LogP contribution in [0.1, 0.15) is 0 Å². The van der Waals surface area contributed by atoms with Gasteiger partial charge < -0.3 is 4.89 Å². The van der Waals surface area contributed by atoms with E-state index in [1.165, 1.54) is 0 Å². The molecule has 0 aromatic rings. The van der Waals surface area contributed by atoms with E-state index in [1.54, 1.807) is 0 Å². The summed E-state index contributed by atoms with van der Waals surface area (Å²) in [7, 11) is -3.54. The van der Waals surface area contributed by atoms with Crippen LogP contribution < -0.4 is 0 Å². The van der Waals surface area contributed by atoms with E-state index >= 15 is 0 Å². The topological polar surface area (TPSA) is 55.8 Å². The van der Waals surface area contributed by atoms with Crippen molar-refractivity contribution in [2.24, 2.45) is 0 Å². The minimum Gasteiger partial charge on any atom is -0.302 e. The van der Waals surface area contributed by atoms with Gasteiger partial charge in [-0.1, -0.05) is 0 Å². The zero-order valence-electron chi connectivity index (χ0n) is 3.53. The van der Waals surface area contributed by atoms with Crippen molar-refractivity contribution in [3.8, 4) is 0 Å². The maximum absolute atomic E-state index is 10.1. The number of hydrogen-bond donors (Lipinski definition) is 1. The molecular formula is C2H5O4P. The molecule has 1 N–H and O–H groups in total. The molecule has 1 rings (SSSR count). The fraction of sp³-hybridized carbons (Fsp3) is 1.00. The molecule has 7 heavy (non-hydrogen) atoms. The molecule has 0 aromatic carbocycles. The van der Waals surface area contributed by atoms with Gasteiger partial charge in [0, 0.05) is 0 Å². The lowest BCUT2D eigenvalue weighted by Gasteiger charge is -1.94. The summed E-state index contributed by atoms with van der Waals surface area (Å²) in [5.41, 5.74) is 0. The van der Waals surface area contributed by atoms with Crippen LogP contribution in [0.25, 0.3) is 0 Å². The van der Waals surface area contributed by atoms with Crippen molar-refractivity contribution in [3.63, 3.8) is 0 Å². The van der Waals surface area contributed by atoms with Crippen molar-refractivity contribution in [1.82, 2.24) is 0 Å². The quantitative estimate of drug-likeness (QED) is 0.466. The summed E-state index contributed by atoms with van der Waals surface area (Å²) < 4.78 is 18.6. The minimum atomic E-state index is -3.54. The molecule has 1 aliphatic heterocycles. The number of hydrogen-bond acceptors (Lipinski definition) is 3. The Morgan fingerprint density at radius 1 is 1.43 bits per heavy atom. The second-order valence-electron chi connectivity index (χ2n) is 1.14. The predicted molar refractivity (Wildman–Crippen MR) is 21.7 cm³/mol. The fourth-order valence-electron chi connectivity index (χ4n) is 0.343. The largest absolute Gasteiger partial charge is 0.472 e. The van der Waals surface area contributed by atoms with Crippen molar-refractivity contribution in [2.45, 2.75) is 0 Å². The standard InChI is InChI=1S/C2H5O4P/c3-7(4)5-1-2-6-7/h1-2H2,(H,3,4). The lowest BCUT2D eigenvalue weighted by Crippen LogP contribution is -1.79. The lowest BCUT2D eigenvalue weighted by molar-refractivity contribution is 0.262. The zero-order chi connectivity index (χ0) is 5.33. The van der Waals surface area contributed by atoms with Gasteiger partial charge in [0.2, 0.25) is 0 Å². The lowest BCUT2D eigenvalue weighted by atomic mass is 10.8. The van der Waals surface area contributed by atoms with E-state index in [1.807, 2.05) is 0 Å². The summed E-state index contributed by atoms with van der Waals surface area (Å²) in [4.78, 5) is 8.31. The summed E-state index contributed by atoms with van der Waals surface area (Å²) >= 11 is 0. The molecule has 0 aliphatic carbocycles. The van der Waals surface area contributed by atoms with E-state index in [9.17, 15) is 4.57 Å². The third-order valence-electron chi connectivity index (χ3n) is 0.592. The Hall–Kier alpha value is 0.110. The molecular weight excluding hydrogens is 119 g/mol. The highest BCUT2D eigenvalue weighted by Crippen LogP contribution is 2.46. The molecule has 1 fully saturated rings. The minimum absolute atomic E-state index is 0.230. The highest BCUT2D eigenvalue weighted by atomic mass is 31.2. The van der Waals surface area contributed by atoms with Gasteiger partial charge in [-0.25, -0.2) is 4.57 Å². The summed E-state index contributed by atoms with van der Waals surface area (Å²) in [6.07, 6.45) is 0. The molecule has 0 aromatic heterocycles. The van der Waals surface area contributed by atoms with Crippen LogP contribution in [0.3, 0.4) is 0 Å². The van der Waals surface area contributed by atoms with Crippen molar-refractivity contribution in [1.29, 1.82) is 0 Å². The van der Waals surface area contributed by atoms with Gasteiger partial charge in [-0.05, 0) is 0 Å². The summed E-state index contributed by atoms with van der Waals surface area (Å²) in [6.45, 7) is 0.460. The second kappa shape index (κ2) is 1.56. The highest BCUT2D eigenvalue weighted by molar-refractivity contribution is 7.47. The number of rotatable bonds is 0. The van der Waals surface area contributed by atoms with E-state index in [0.717, 1.165) is 0 Å². The van der Waals surface area contributed by atoms with Crippen LogP contribution in [0.2, 0.25) is 0 Å². The first-order valence-electron chi connectivity index (χ1n) is 1.83. The van der Waals surface area contributed by atoms with E-state index in [-0.39, 0.29) is 13.2 Å². The van der Waals surface area contributed by atoms with Crippen LogP contribution in [-0.2, 0) is 13.6 Å². The molecule has 1 heterocycles. The van der Waals surface area contributed by atoms with Gasteiger partial charge in [0.15, 0.2) is 0 Å². The smallest absolute Gasteiger partial charge is 0.302 e. The molecule has 0 amide bonds. The highest BCUT2D eigenvalue weighted by Gasteiger charge is 2.26. The first-order valence-corrected chi connectivity index (χ1v) is 3.32. The van der Waals surface area contributed by atoms with Crippen LogP contribution in [0.5, 0.6) is 0 Å². The molecule has 0 unspecified atom stereocenters. The molecule has 0 spiro atoms. The molecule has 0 saturated carbocycles. The molecule has 0 radical (unpaired) electrons. The van der Waals surface area contributed by atoms with Crippen LogP contribution >= 0.6 is 7.82 Å². The van der Waals surface area contributed by atoms with Crippen LogP contribution in [0.15, 0.2) is 0 Å². The molecule has 0 atom stereocenters. The Morgan fingerprint density at radius 2 is 1.86 bits per heavy atom. The van der Waals surface area contributed by atoms with Crippen LogP contribution in [0.4, 0.5) is 0 Å². The van der Waals surface area contributed by atoms with Gasteiger partial charge in [0.05, 0.1) is 13.2 Å². The maximum atomic E-state index is 10.1. The third-order valence-corrected chi connectivity index (χ3v) is 1.61. The second-order valence-corrected chi connectivity index (χ2v) is 2.59. The molecule has 4 nitrogen and oxygen atoms in total. The van der Waals surface area contributed by atoms with Gasteiger partial charge in [-0.2, -0.15) is 0 Å². The normalized spacial score (nSPS) is 28.1. The molecule has 5 heteroatoms. The molecule has 0 bridgehead atoms. The van der Waals surface area contributed by atoms with Crippen molar-refractivity contribution in [2.75, 3.05) is 13.2 Å². The Bertz CT molecular complexity index is 100. The number of phosphoric ester groups is 1. The van der Waals surface area contributed by atoms with E-state index in [2.05, 4.69) is 9.05 Å². The summed E-state index contributed by atoms with van der Waals surface area (Å²) in [5.74, 6) is 0. The number of phosphoric acid groups is 1. The van der Waals surface area contributed by atoms with Crippen LogP contribution in [-0.4, -0.2) is 18.1 Å². The van der Waals surface area contributed by atoms with E-state index in [0.29, 0.717) is 0 Å². The summed E-state index contributed by atoms with van der Waals surface area (Å²) in [5, 5.41) is 0. The van der Waals surface area contributed by atoms with E-state index in [4.69, 9.17) is 4.89 Å². The summed E-state index contributed by atoms with van der Waals surface area (Å²) in [6, 6.07) is 0. The third kappa shape index (κ3) is 1.24.